The van der Waals surface area contributed by atoms with Gasteiger partial charge < -0.3 is 19.6 Å². The molecule has 0 N–H and O–H groups in total. The van der Waals surface area contributed by atoms with Crippen LogP contribution in [0.5, 0.6) is 0 Å². The lowest BCUT2D eigenvalue weighted by atomic mass is 9.86. The maximum atomic E-state index is 4.87. The second-order valence-electron chi connectivity index (χ2n) is 7.59. The minimum absolute atomic E-state index is 0.296. The lowest BCUT2D eigenvalue weighted by Gasteiger charge is -2.30. The highest BCUT2D eigenvalue weighted by atomic mass is 15.3. The third kappa shape index (κ3) is 5.89. The predicted octanol–water partition coefficient (Wildman–Crippen LogP) is 1.30. The molecule has 0 aromatic carbocycles. The first kappa shape index (κ1) is 21.7. The fourth-order valence-electron chi connectivity index (χ4n) is 2.79. The molecule has 1 heterocycles. The third-order valence-corrected chi connectivity index (χ3v) is 4.02. The molecular formula is C19H35N7. The summed E-state index contributed by atoms with van der Waals surface area (Å²) in [6, 6.07) is 6.01. The molecule has 0 radical (unpaired) electrons. The second-order valence-corrected chi connectivity index (χ2v) is 7.59. The molecule has 7 heteroatoms. The standard InChI is InChI=1S/C19H35N7/c1-19(16-12-10-11-13-20-16,14-21-17(23(2)3)24(4)5)15-22-18(25(6)7)26(8)9/h10-13H,14-15H2,1-9H3. The summed E-state index contributed by atoms with van der Waals surface area (Å²) in [6.07, 6.45) is 1.83. The molecule has 26 heavy (non-hydrogen) atoms. The van der Waals surface area contributed by atoms with Crippen molar-refractivity contribution in [2.24, 2.45) is 9.98 Å². The average Bonchev–Trinajstić information content (AvgIpc) is 2.54. The number of nitrogens with zero attached hydrogens (tertiary/aromatic N) is 7. The molecule has 1 aromatic rings. The molecule has 0 unspecified atom stereocenters. The molecule has 7 nitrogen and oxygen atoms in total. The molecule has 1 rings (SSSR count). The van der Waals surface area contributed by atoms with Crippen LogP contribution >= 0.6 is 0 Å². The van der Waals surface area contributed by atoms with Crippen molar-refractivity contribution in [2.75, 3.05) is 69.5 Å². The number of guanidine groups is 2. The van der Waals surface area contributed by atoms with Gasteiger partial charge in [0.25, 0.3) is 0 Å². The summed E-state index contributed by atoms with van der Waals surface area (Å²) in [5.41, 5.74) is 0.705. The molecular weight excluding hydrogens is 326 g/mol. The molecule has 0 aliphatic rings. The first-order valence-corrected chi connectivity index (χ1v) is 8.78. The molecule has 0 fully saturated rings. The molecule has 0 atom stereocenters. The van der Waals surface area contributed by atoms with Crippen LogP contribution in [0.25, 0.3) is 0 Å². The molecule has 1 aromatic heterocycles. The smallest absolute Gasteiger partial charge is 0.195 e. The highest BCUT2D eigenvalue weighted by Gasteiger charge is 2.29. The second kappa shape index (κ2) is 9.40. The van der Waals surface area contributed by atoms with E-state index in [1.54, 1.807) is 0 Å². The van der Waals surface area contributed by atoms with Gasteiger partial charge in [-0.1, -0.05) is 13.0 Å². The highest BCUT2D eigenvalue weighted by Crippen LogP contribution is 2.23. The van der Waals surface area contributed by atoms with Crippen molar-refractivity contribution in [1.29, 1.82) is 0 Å². The van der Waals surface area contributed by atoms with E-state index < -0.39 is 0 Å². The molecule has 0 saturated heterocycles. The number of aromatic nitrogens is 1. The maximum Gasteiger partial charge on any atom is 0.195 e. The van der Waals surface area contributed by atoms with Gasteiger partial charge in [-0.15, -0.1) is 0 Å². The predicted molar refractivity (Wildman–Crippen MR) is 111 cm³/mol. The van der Waals surface area contributed by atoms with E-state index in [1.165, 1.54) is 0 Å². The van der Waals surface area contributed by atoms with E-state index >= 15 is 0 Å². The van der Waals surface area contributed by atoms with Crippen LogP contribution in [0.1, 0.15) is 12.6 Å². The topological polar surface area (TPSA) is 50.6 Å². The quantitative estimate of drug-likeness (QED) is 0.584. The Kier molecular flexibility index (Phi) is 7.86. The van der Waals surface area contributed by atoms with Crippen molar-refractivity contribution in [3.05, 3.63) is 30.1 Å². The maximum absolute atomic E-state index is 4.87. The van der Waals surface area contributed by atoms with Crippen LogP contribution in [0.4, 0.5) is 0 Å². The SMILES string of the molecule is CN(C)C(=NCC(C)(CN=C(N(C)C)N(C)C)c1ccccn1)N(C)C. The van der Waals surface area contributed by atoms with E-state index in [0.29, 0.717) is 13.1 Å². The Morgan fingerprint density at radius 1 is 0.808 bits per heavy atom. The summed E-state index contributed by atoms with van der Waals surface area (Å²) in [5.74, 6) is 1.85. The Balaban J connectivity index is 3.24. The highest BCUT2D eigenvalue weighted by molar-refractivity contribution is 5.79. The van der Waals surface area contributed by atoms with Gasteiger partial charge in [-0.2, -0.15) is 0 Å². The van der Waals surface area contributed by atoms with E-state index in [-0.39, 0.29) is 5.41 Å². The lowest BCUT2D eigenvalue weighted by Crippen LogP contribution is -2.40. The van der Waals surface area contributed by atoms with E-state index in [9.17, 15) is 0 Å². The largest absolute Gasteiger partial charge is 0.349 e. The Morgan fingerprint density at radius 3 is 1.54 bits per heavy atom. The molecule has 0 saturated carbocycles. The van der Waals surface area contributed by atoms with Crippen LogP contribution in [-0.4, -0.2) is 106 Å². The van der Waals surface area contributed by atoms with Crippen molar-refractivity contribution in [1.82, 2.24) is 24.6 Å². The van der Waals surface area contributed by atoms with Gasteiger partial charge in [0.15, 0.2) is 11.9 Å². The van der Waals surface area contributed by atoms with Crippen molar-refractivity contribution in [3.8, 4) is 0 Å². The Labute approximate surface area is 159 Å². The molecule has 0 bridgehead atoms. The van der Waals surface area contributed by atoms with Crippen LogP contribution in [0.2, 0.25) is 0 Å². The van der Waals surface area contributed by atoms with Crippen molar-refractivity contribution >= 4 is 11.9 Å². The third-order valence-electron chi connectivity index (χ3n) is 4.02. The van der Waals surface area contributed by atoms with E-state index in [2.05, 4.69) is 18.0 Å². The minimum Gasteiger partial charge on any atom is -0.349 e. The zero-order valence-electron chi connectivity index (χ0n) is 17.9. The Morgan fingerprint density at radius 2 is 1.23 bits per heavy atom. The number of hydrogen-bond donors (Lipinski definition) is 0. The van der Waals surface area contributed by atoms with Crippen molar-refractivity contribution in [3.63, 3.8) is 0 Å². The van der Waals surface area contributed by atoms with E-state index in [1.807, 2.05) is 94.3 Å². The van der Waals surface area contributed by atoms with Gasteiger partial charge in [0.1, 0.15) is 0 Å². The van der Waals surface area contributed by atoms with E-state index in [4.69, 9.17) is 9.98 Å². The normalized spacial score (nSPS) is 10.8. The fourth-order valence-corrected chi connectivity index (χ4v) is 2.79. The summed E-state index contributed by atoms with van der Waals surface area (Å²) in [6.45, 7) is 3.38. The first-order chi connectivity index (χ1) is 12.1. The Bertz CT molecular complexity index is 552. The summed E-state index contributed by atoms with van der Waals surface area (Å²) in [7, 11) is 16.0. The van der Waals surface area contributed by atoms with Crippen molar-refractivity contribution in [2.45, 2.75) is 12.3 Å². The summed E-state index contributed by atoms with van der Waals surface area (Å²) in [4.78, 5) is 22.4. The van der Waals surface area contributed by atoms with Gasteiger partial charge in [-0.25, -0.2) is 0 Å². The number of hydrogen-bond acceptors (Lipinski definition) is 3. The number of aliphatic imine (C=N–C) groups is 2. The zero-order valence-corrected chi connectivity index (χ0v) is 17.9. The number of rotatable bonds is 5. The van der Waals surface area contributed by atoms with Gasteiger partial charge in [0.05, 0.1) is 13.1 Å². The van der Waals surface area contributed by atoms with Gasteiger partial charge in [0.2, 0.25) is 0 Å². The van der Waals surface area contributed by atoms with Crippen LogP contribution in [0.15, 0.2) is 34.4 Å². The van der Waals surface area contributed by atoms with Crippen LogP contribution in [0.3, 0.4) is 0 Å². The van der Waals surface area contributed by atoms with Gasteiger partial charge in [-0.05, 0) is 12.1 Å². The zero-order chi connectivity index (χ0) is 19.9. The average molecular weight is 362 g/mol. The molecule has 0 amide bonds. The first-order valence-electron chi connectivity index (χ1n) is 8.78. The number of pyridine rings is 1. The fraction of sp³-hybridized carbons (Fsp3) is 0.632. The monoisotopic (exact) mass is 361 g/mol. The minimum atomic E-state index is -0.296. The lowest BCUT2D eigenvalue weighted by molar-refractivity contribution is 0.436. The Hall–Kier alpha value is -2.31. The summed E-state index contributed by atoms with van der Waals surface area (Å²) in [5, 5.41) is 0. The summed E-state index contributed by atoms with van der Waals surface area (Å²) < 4.78 is 0. The van der Waals surface area contributed by atoms with Crippen LogP contribution in [-0.2, 0) is 5.41 Å². The summed E-state index contributed by atoms with van der Waals surface area (Å²) >= 11 is 0. The van der Waals surface area contributed by atoms with Crippen molar-refractivity contribution < 1.29 is 0 Å². The van der Waals surface area contributed by atoms with Gasteiger partial charge in [-0.3, -0.25) is 15.0 Å². The molecule has 146 valence electrons. The van der Waals surface area contributed by atoms with E-state index in [0.717, 1.165) is 17.6 Å². The molecule has 0 aliphatic heterocycles. The van der Waals surface area contributed by atoms with Crippen LogP contribution in [0, 0.1) is 0 Å². The molecule has 0 aliphatic carbocycles. The molecule has 0 spiro atoms. The van der Waals surface area contributed by atoms with Crippen LogP contribution < -0.4 is 0 Å². The van der Waals surface area contributed by atoms with Gasteiger partial charge >= 0.3 is 0 Å². The van der Waals surface area contributed by atoms with Gasteiger partial charge in [0, 0.05) is 73.7 Å².